The highest BCUT2D eigenvalue weighted by atomic mass is 32.2. The molecule has 1 saturated heterocycles. The Balaban J connectivity index is 1.76. The van der Waals surface area contributed by atoms with Gasteiger partial charge in [0.05, 0.1) is 5.75 Å². The Morgan fingerprint density at radius 3 is 2.67 bits per heavy atom. The summed E-state index contributed by atoms with van der Waals surface area (Å²) in [4.78, 5) is 27.3. The second kappa shape index (κ2) is 8.89. The minimum atomic E-state index is -0.516. The van der Waals surface area contributed by atoms with Gasteiger partial charge in [0, 0.05) is 6.54 Å². The molecule has 0 saturated carbocycles. The maximum absolute atomic E-state index is 13.0. The Morgan fingerprint density at radius 2 is 2.04 bits per heavy atom. The van der Waals surface area contributed by atoms with Gasteiger partial charge in [0.2, 0.25) is 11.8 Å². The van der Waals surface area contributed by atoms with Gasteiger partial charge in [0.15, 0.2) is 0 Å². The van der Waals surface area contributed by atoms with Crippen LogP contribution < -0.4 is 5.32 Å². The Hall–Kier alpha value is -1.86. The summed E-state index contributed by atoms with van der Waals surface area (Å²) in [6.45, 7) is 4.41. The van der Waals surface area contributed by atoms with E-state index in [1.165, 1.54) is 12.1 Å². The zero-order valence-corrected chi connectivity index (χ0v) is 17.0. The lowest BCUT2D eigenvalue weighted by molar-refractivity contribution is -0.139. The molecule has 2 amide bonds. The molecule has 0 unspecified atom stereocenters. The second-order valence-corrected chi connectivity index (χ2v) is 8.86. The lowest BCUT2D eigenvalue weighted by Crippen LogP contribution is -2.49. The predicted molar refractivity (Wildman–Crippen MR) is 108 cm³/mol. The van der Waals surface area contributed by atoms with E-state index in [9.17, 15) is 14.0 Å². The quantitative estimate of drug-likeness (QED) is 0.750. The third kappa shape index (κ3) is 4.90. The van der Waals surface area contributed by atoms with Crippen molar-refractivity contribution < 1.29 is 14.0 Å². The molecule has 2 atom stereocenters. The summed E-state index contributed by atoms with van der Waals surface area (Å²) in [5.74, 6) is 0.192. The first-order valence-corrected chi connectivity index (χ1v) is 10.9. The molecule has 144 valence electrons. The molecule has 1 aliphatic heterocycles. The molecule has 2 aromatic rings. The van der Waals surface area contributed by atoms with Crippen LogP contribution >= 0.6 is 23.1 Å². The Kier molecular flexibility index (Phi) is 6.55. The third-order valence-corrected chi connectivity index (χ3v) is 6.38. The zero-order valence-electron chi connectivity index (χ0n) is 15.4. The van der Waals surface area contributed by atoms with Gasteiger partial charge < -0.3 is 10.2 Å². The van der Waals surface area contributed by atoms with Crippen molar-refractivity contribution in [2.24, 2.45) is 5.92 Å². The number of nitrogens with one attached hydrogen (secondary N) is 1. The Labute approximate surface area is 167 Å². The summed E-state index contributed by atoms with van der Waals surface area (Å²) in [5.41, 5.74) is 1.89. The van der Waals surface area contributed by atoms with Gasteiger partial charge in [0.25, 0.3) is 0 Å². The van der Waals surface area contributed by atoms with Gasteiger partial charge in [-0.1, -0.05) is 26.0 Å². The first-order chi connectivity index (χ1) is 13.0. The van der Waals surface area contributed by atoms with Crippen LogP contribution in [0.15, 0.2) is 41.1 Å². The number of hydrogen-bond acceptors (Lipinski definition) is 4. The van der Waals surface area contributed by atoms with Crippen LogP contribution in [0, 0.1) is 11.7 Å². The highest BCUT2D eigenvalue weighted by molar-refractivity contribution is 8.00. The molecule has 0 aliphatic carbocycles. The highest BCUT2D eigenvalue weighted by Crippen LogP contribution is 2.41. The third-order valence-electron chi connectivity index (χ3n) is 4.45. The highest BCUT2D eigenvalue weighted by Gasteiger charge is 2.41. The van der Waals surface area contributed by atoms with Crippen LogP contribution in [0.5, 0.6) is 0 Å². The smallest absolute Gasteiger partial charge is 0.243 e. The van der Waals surface area contributed by atoms with Crippen LogP contribution in [0.2, 0.25) is 0 Å². The molecule has 1 aromatic carbocycles. The van der Waals surface area contributed by atoms with Gasteiger partial charge in [-0.2, -0.15) is 11.3 Å². The van der Waals surface area contributed by atoms with Crippen LogP contribution in [0.4, 0.5) is 4.39 Å². The number of benzene rings is 1. The molecule has 0 spiro atoms. The summed E-state index contributed by atoms with van der Waals surface area (Å²) < 4.78 is 13.0. The van der Waals surface area contributed by atoms with E-state index in [1.54, 1.807) is 40.1 Å². The summed E-state index contributed by atoms with van der Waals surface area (Å²) >= 11 is 3.16. The van der Waals surface area contributed by atoms with Gasteiger partial charge >= 0.3 is 0 Å². The molecule has 1 aliphatic rings. The van der Waals surface area contributed by atoms with Crippen molar-refractivity contribution in [3.63, 3.8) is 0 Å². The van der Waals surface area contributed by atoms with E-state index >= 15 is 0 Å². The molecule has 7 heteroatoms. The molecule has 1 fully saturated rings. The van der Waals surface area contributed by atoms with E-state index in [1.807, 2.05) is 30.7 Å². The largest absolute Gasteiger partial charge is 0.350 e. The van der Waals surface area contributed by atoms with E-state index in [4.69, 9.17) is 0 Å². The van der Waals surface area contributed by atoms with E-state index in [2.05, 4.69) is 5.32 Å². The number of halogens is 1. The fourth-order valence-electron chi connectivity index (χ4n) is 3.15. The lowest BCUT2D eigenvalue weighted by atomic mass is 10.0. The molecule has 4 nitrogen and oxygen atoms in total. The monoisotopic (exact) mass is 406 g/mol. The Morgan fingerprint density at radius 1 is 1.30 bits per heavy atom. The molecule has 0 radical (unpaired) electrons. The molecule has 3 rings (SSSR count). The number of thioether (sulfide) groups is 1. The molecular formula is C20H23FN2O2S2. The van der Waals surface area contributed by atoms with Gasteiger partial charge in [-0.3, -0.25) is 9.59 Å². The number of rotatable bonds is 7. The summed E-state index contributed by atoms with van der Waals surface area (Å²) in [6, 6.07) is 7.55. The maximum Gasteiger partial charge on any atom is 0.243 e. The molecule has 1 N–H and O–H groups in total. The van der Waals surface area contributed by atoms with Crippen LogP contribution in [0.1, 0.15) is 36.8 Å². The number of hydrogen-bond donors (Lipinski definition) is 1. The molecule has 2 heterocycles. The fraction of sp³-hybridized carbons (Fsp3) is 0.400. The van der Waals surface area contributed by atoms with Crippen LogP contribution in [-0.4, -0.2) is 28.5 Å². The maximum atomic E-state index is 13.0. The average Bonchev–Trinajstić information content (AvgIpc) is 3.28. The number of nitrogens with zero attached hydrogens (tertiary/aromatic N) is 1. The van der Waals surface area contributed by atoms with Gasteiger partial charge in [-0.15, -0.1) is 11.8 Å². The Bertz CT molecular complexity index is 778. The topological polar surface area (TPSA) is 49.4 Å². The fourth-order valence-corrected chi connectivity index (χ4v) is 5.13. The van der Waals surface area contributed by atoms with Crippen molar-refractivity contribution in [1.82, 2.24) is 10.2 Å². The molecule has 1 aromatic heterocycles. The minimum Gasteiger partial charge on any atom is -0.350 e. The molecule has 0 bridgehead atoms. The van der Waals surface area contributed by atoms with Crippen molar-refractivity contribution in [3.8, 4) is 0 Å². The van der Waals surface area contributed by atoms with Gasteiger partial charge in [-0.25, -0.2) is 4.39 Å². The average molecular weight is 407 g/mol. The lowest BCUT2D eigenvalue weighted by Gasteiger charge is -2.32. The van der Waals surface area contributed by atoms with Crippen LogP contribution in [0.25, 0.3) is 0 Å². The summed E-state index contributed by atoms with van der Waals surface area (Å²) in [6.07, 6.45) is 0.599. The minimum absolute atomic E-state index is 0.00113. The van der Waals surface area contributed by atoms with Crippen molar-refractivity contribution in [1.29, 1.82) is 0 Å². The number of thiophene rings is 1. The number of carbonyl (C=O) groups excluding carboxylic acids is 2. The number of amides is 2. The van der Waals surface area contributed by atoms with E-state index < -0.39 is 6.04 Å². The van der Waals surface area contributed by atoms with Crippen molar-refractivity contribution >= 4 is 34.9 Å². The predicted octanol–water partition coefficient (Wildman–Crippen LogP) is 4.19. The summed E-state index contributed by atoms with van der Waals surface area (Å²) in [5, 5.41) is 6.83. The normalized spacial score (nSPS) is 18.1. The van der Waals surface area contributed by atoms with Crippen LogP contribution in [0.3, 0.4) is 0 Å². The van der Waals surface area contributed by atoms with Crippen molar-refractivity contribution in [2.75, 3.05) is 5.75 Å². The molecular weight excluding hydrogens is 383 g/mol. The zero-order chi connectivity index (χ0) is 19.4. The van der Waals surface area contributed by atoms with E-state index in [0.717, 1.165) is 11.1 Å². The van der Waals surface area contributed by atoms with Gasteiger partial charge in [0.1, 0.15) is 17.2 Å². The first kappa shape index (κ1) is 19.9. The second-order valence-electron chi connectivity index (χ2n) is 7.01. The molecule has 27 heavy (non-hydrogen) atoms. The number of carbonyl (C=O) groups is 2. The summed E-state index contributed by atoms with van der Waals surface area (Å²) in [7, 11) is 0. The van der Waals surface area contributed by atoms with E-state index in [0.29, 0.717) is 18.7 Å². The van der Waals surface area contributed by atoms with Crippen molar-refractivity contribution in [3.05, 3.63) is 58.0 Å². The van der Waals surface area contributed by atoms with Crippen LogP contribution in [-0.2, 0) is 16.1 Å². The first-order valence-electron chi connectivity index (χ1n) is 8.92. The van der Waals surface area contributed by atoms with E-state index in [-0.39, 0.29) is 28.9 Å². The van der Waals surface area contributed by atoms with Crippen molar-refractivity contribution in [2.45, 2.75) is 38.2 Å². The standard InChI is InChI=1S/C20H23FN2O2S2/c1-13(2)9-17(19(25)22-10-14-3-5-16(21)6-4-14)23-18(24)12-27-20(23)15-7-8-26-11-15/h3-8,11,13,17,20H,9-10,12H2,1-2H3,(H,22,25)/t17-,20-/m1/s1. The van der Waals surface area contributed by atoms with Gasteiger partial charge in [-0.05, 0) is 52.4 Å². The SMILES string of the molecule is CC(C)C[C@H](C(=O)NCc1ccc(F)cc1)N1C(=O)CS[C@@H]1c1ccsc1.